The maximum atomic E-state index is 12.1. The Morgan fingerprint density at radius 1 is 1.35 bits per heavy atom. The number of pyridine rings is 1. The summed E-state index contributed by atoms with van der Waals surface area (Å²) in [5.74, 6) is 0.808. The van der Waals surface area contributed by atoms with Gasteiger partial charge in [0, 0.05) is 12.7 Å². The van der Waals surface area contributed by atoms with Gasteiger partial charge in [-0.05, 0) is 25.0 Å². The van der Waals surface area contributed by atoms with Gasteiger partial charge in [-0.15, -0.1) is 0 Å². The summed E-state index contributed by atoms with van der Waals surface area (Å²) in [7, 11) is 0. The summed E-state index contributed by atoms with van der Waals surface area (Å²) < 4.78 is 0. The molecule has 1 amide bonds. The van der Waals surface area contributed by atoms with Gasteiger partial charge in [0.2, 0.25) is 0 Å². The van der Waals surface area contributed by atoms with Crippen molar-refractivity contribution in [1.82, 2.24) is 15.0 Å². The van der Waals surface area contributed by atoms with E-state index in [1.807, 2.05) is 19.1 Å². The molecular weight excluding hydrogens is 254 g/mol. The maximum absolute atomic E-state index is 12.1. The van der Waals surface area contributed by atoms with Gasteiger partial charge < -0.3 is 10.6 Å². The van der Waals surface area contributed by atoms with Crippen molar-refractivity contribution >= 4 is 17.5 Å². The molecule has 104 valence electrons. The van der Waals surface area contributed by atoms with Crippen LogP contribution >= 0.6 is 0 Å². The number of aromatic nitrogens is 3. The molecule has 0 aliphatic heterocycles. The zero-order valence-corrected chi connectivity index (χ0v) is 11.6. The summed E-state index contributed by atoms with van der Waals surface area (Å²) in [5.41, 5.74) is 1.16. The lowest BCUT2D eigenvalue weighted by Crippen LogP contribution is -2.16. The molecule has 6 heteroatoms. The fourth-order valence-electron chi connectivity index (χ4n) is 1.60. The number of rotatable bonds is 5. The fraction of sp³-hybridized carbons (Fsp3) is 0.286. The van der Waals surface area contributed by atoms with Crippen molar-refractivity contribution in [2.45, 2.75) is 20.3 Å². The minimum atomic E-state index is -0.320. The van der Waals surface area contributed by atoms with E-state index in [9.17, 15) is 4.79 Å². The molecule has 0 atom stereocenters. The first-order valence-corrected chi connectivity index (χ1v) is 6.49. The molecule has 0 unspecified atom stereocenters. The van der Waals surface area contributed by atoms with Crippen LogP contribution in [-0.2, 0) is 0 Å². The predicted octanol–water partition coefficient (Wildman–Crippen LogP) is 2.25. The Bertz CT molecular complexity index is 600. The summed E-state index contributed by atoms with van der Waals surface area (Å²) in [4.78, 5) is 24.5. The Labute approximate surface area is 117 Å². The lowest BCUT2D eigenvalue weighted by molar-refractivity contribution is 0.102. The number of nitrogens with one attached hydrogen (secondary N) is 2. The van der Waals surface area contributed by atoms with Crippen molar-refractivity contribution in [2.24, 2.45) is 0 Å². The SMILES string of the molecule is CCCNc1cncc(C(=O)Nc2ncccc2C)n1. The van der Waals surface area contributed by atoms with Crippen LogP contribution in [0.25, 0.3) is 0 Å². The third-order valence-corrected chi connectivity index (χ3v) is 2.66. The quantitative estimate of drug-likeness (QED) is 0.872. The first-order chi connectivity index (χ1) is 9.70. The van der Waals surface area contributed by atoms with Crippen molar-refractivity contribution in [3.05, 3.63) is 42.0 Å². The molecule has 2 aromatic rings. The number of hydrogen-bond donors (Lipinski definition) is 2. The topological polar surface area (TPSA) is 79.8 Å². The van der Waals surface area contributed by atoms with Crippen LogP contribution in [0.4, 0.5) is 11.6 Å². The minimum Gasteiger partial charge on any atom is -0.369 e. The highest BCUT2D eigenvalue weighted by Crippen LogP contribution is 2.11. The van der Waals surface area contributed by atoms with Gasteiger partial charge in [0.15, 0.2) is 0 Å². The molecule has 0 saturated carbocycles. The standard InChI is InChI=1S/C14H17N5O/c1-3-6-16-12-9-15-8-11(18-12)14(20)19-13-10(2)5-4-7-17-13/h4-5,7-9H,3,6H2,1-2H3,(H,16,18)(H,17,19,20). The first kappa shape index (κ1) is 13.9. The van der Waals surface area contributed by atoms with E-state index >= 15 is 0 Å². The van der Waals surface area contributed by atoms with Crippen LogP contribution in [0.3, 0.4) is 0 Å². The molecule has 6 nitrogen and oxygen atoms in total. The number of carbonyl (C=O) groups excluding carboxylic acids is 1. The Kier molecular flexibility index (Phi) is 4.60. The molecule has 0 radical (unpaired) electrons. The molecule has 0 fully saturated rings. The number of carbonyl (C=O) groups is 1. The number of amides is 1. The molecule has 2 aromatic heterocycles. The molecule has 0 aromatic carbocycles. The second kappa shape index (κ2) is 6.60. The van der Waals surface area contributed by atoms with Gasteiger partial charge >= 0.3 is 0 Å². The summed E-state index contributed by atoms with van der Waals surface area (Å²) in [6.07, 6.45) is 5.64. The molecule has 2 N–H and O–H groups in total. The van der Waals surface area contributed by atoms with Crippen LogP contribution in [0.5, 0.6) is 0 Å². The summed E-state index contributed by atoms with van der Waals surface area (Å²) in [6.45, 7) is 4.73. The van der Waals surface area contributed by atoms with Gasteiger partial charge in [-0.25, -0.2) is 9.97 Å². The van der Waals surface area contributed by atoms with Gasteiger partial charge in [-0.3, -0.25) is 9.78 Å². The van der Waals surface area contributed by atoms with Crippen molar-refractivity contribution in [1.29, 1.82) is 0 Å². The van der Waals surface area contributed by atoms with E-state index in [0.29, 0.717) is 11.6 Å². The predicted molar refractivity (Wildman–Crippen MR) is 77.7 cm³/mol. The molecular formula is C14H17N5O. The first-order valence-electron chi connectivity index (χ1n) is 6.49. The Morgan fingerprint density at radius 3 is 2.95 bits per heavy atom. The van der Waals surface area contributed by atoms with E-state index in [0.717, 1.165) is 18.5 Å². The number of nitrogens with zero attached hydrogens (tertiary/aromatic N) is 3. The fourth-order valence-corrected chi connectivity index (χ4v) is 1.60. The van der Waals surface area contributed by atoms with Crippen LogP contribution in [0.2, 0.25) is 0 Å². The lowest BCUT2D eigenvalue weighted by Gasteiger charge is -2.07. The van der Waals surface area contributed by atoms with E-state index in [-0.39, 0.29) is 11.6 Å². The van der Waals surface area contributed by atoms with Crippen molar-refractivity contribution in [2.75, 3.05) is 17.2 Å². The monoisotopic (exact) mass is 271 g/mol. The third kappa shape index (κ3) is 3.50. The average molecular weight is 271 g/mol. The van der Waals surface area contributed by atoms with Gasteiger partial charge in [0.1, 0.15) is 17.3 Å². The lowest BCUT2D eigenvalue weighted by atomic mass is 10.3. The highest BCUT2D eigenvalue weighted by Gasteiger charge is 2.11. The van der Waals surface area contributed by atoms with Gasteiger partial charge in [0.25, 0.3) is 5.91 Å². The van der Waals surface area contributed by atoms with E-state index in [1.165, 1.54) is 6.20 Å². The summed E-state index contributed by atoms with van der Waals surface area (Å²) in [5, 5.41) is 5.83. The number of hydrogen-bond acceptors (Lipinski definition) is 5. The number of aryl methyl sites for hydroxylation is 1. The number of anilines is 2. The zero-order chi connectivity index (χ0) is 14.4. The highest BCUT2D eigenvalue weighted by molar-refractivity contribution is 6.02. The second-order valence-electron chi connectivity index (χ2n) is 4.34. The largest absolute Gasteiger partial charge is 0.369 e. The molecule has 0 bridgehead atoms. The molecule has 20 heavy (non-hydrogen) atoms. The van der Waals surface area contributed by atoms with E-state index in [2.05, 4.69) is 32.5 Å². The van der Waals surface area contributed by atoms with Crippen LogP contribution in [-0.4, -0.2) is 27.4 Å². The zero-order valence-electron chi connectivity index (χ0n) is 11.6. The van der Waals surface area contributed by atoms with Crippen LogP contribution in [0.15, 0.2) is 30.7 Å². The molecule has 0 spiro atoms. The minimum absolute atomic E-state index is 0.260. The van der Waals surface area contributed by atoms with Gasteiger partial charge in [-0.2, -0.15) is 0 Å². The molecule has 0 saturated heterocycles. The molecule has 2 rings (SSSR count). The molecule has 0 aliphatic carbocycles. The molecule has 0 aliphatic rings. The Hall–Kier alpha value is -2.50. The Morgan fingerprint density at radius 2 is 2.20 bits per heavy atom. The summed E-state index contributed by atoms with van der Waals surface area (Å²) in [6, 6.07) is 3.70. The van der Waals surface area contributed by atoms with Gasteiger partial charge in [0.05, 0.1) is 12.4 Å². The average Bonchev–Trinajstić information content (AvgIpc) is 2.48. The van der Waals surface area contributed by atoms with Crippen molar-refractivity contribution in [3.63, 3.8) is 0 Å². The molecule has 2 heterocycles. The van der Waals surface area contributed by atoms with Crippen LogP contribution in [0, 0.1) is 6.92 Å². The van der Waals surface area contributed by atoms with Gasteiger partial charge in [-0.1, -0.05) is 13.0 Å². The van der Waals surface area contributed by atoms with E-state index < -0.39 is 0 Å². The van der Waals surface area contributed by atoms with Crippen LogP contribution < -0.4 is 10.6 Å². The third-order valence-electron chi connectivity index (χ3n) is 2.66. The maximum Gasteiger partial charge on any atom is 0.277 e. The second-order valence-corrected chi connectivity index (χ2v) is 4.34. The van der Waals surface area contributed by atoms with Crippen molar-refractivity contribution in [3.8, 4) is 0 Å². The van der Waals surface area contributed by atoms with Crippen LogP contribution in [0.1, 0.15) is 29.4 Å². The Balaban J connectivity index is 2.11. The van der Waals surface area contributed by atoms with Crippen molar-refractivity contribution < 1.29 is 4.79 Å². The summed E-state index contributed by atoms with van der Waals surface area (Å²) >= 11 is 0. The smallest absolute Gasteiger partial charge is 0.277 e. The normalized spacial score (nSPS) is 10.1. The highest BCUT2D eigenvalue weighted by atomic mass is 16.1. The van der Waals surface area contributed by atoms with E-state index in [1.54, 1.807) is 12.4 Å². The van der Waals surface area contributed by atoms with E-state index in [4.69, 9.17) is 0 Å².